The molecule has 2 aromatic rings. The molecule has 2 nitrogen and oxygen atoms in total. The summed E-state index contributed by atoms with van der Waals surface area (Å²) in [4.78, 5) is 0. The fourth-order valence-corrected chi connectivity index (χ4v) is 2.08. The molecular weight excluding hydrogens is 258 g/mol. The summed E-state index contributed by atoms with van der Waals surface area (Å²) >= 11 is 6.10. The lowest BCUT2D eigenvalue weighted by Crippen LogP contribution is -2.05. The lowest BCUT2D eigenvalue weighted by atomic mass is 10.1. The largest absolute Gasteiger partial charge is 0.489 e. The Balaban J connectivity index is 2.10. The summed E-state index contributed by atoms with van der Waals surface area (Å²) in [6, 6.07) is 13.8. The summed E-state index contributed by atoms with van der Waals surface area (Å²) in [6.07, 6.45) is 0. The quantitative estimate of drug-likeness (QED) is 0.905. The van der Waals surface area contributed by atoms with Gasteiger partial charge in [-0.15, -0.1) is 0 Å². The van der Waals surface area contributed by atoms with Gasteiger partial charge < -0.3 is 10.5 Å². The smallest absolute Gasteiger partial charge is 0.122 e. The number of rotatable bonds is 4. The summed E-state index contributed by atoms with van der Waals surface area (Å²) in [7, 11) is 0. The summed E-state index contributed by atoms with van der Waals surface area (Å²) in [5, 5.41) is 0.729. The molecule has 2 N–H and O–H groups in total. The predicted molar refractivity (Wildman–Crippen MR) is 79.6 cm³/mol. The molecule has 0 bridgehead atoms. The van der Waals surface area contributed by atoms with Gasteiger partial charge in [0.25, 0.3) is 0 Å². The van der Waals surface area contributed by atoms with Crippen LogP contribution in [0.5, 0.6) is 5.75 Å². The molecule has 3 heteroatoms. The van der Waals surface area contributed by atoms with Crippen LogP contribution in [0.1, 0.15) is 29.7 Å². The van der Waals surface area contributed by atoms with E-state index in [0.29, 0.717) is 6.61 Å². The third-order valence-corrected chi connectivity index (χ3v) is 3.43. The molecule has 1 unspecified atom stereocenters. The van der Waals surface area contributed by atoms with Crippen molar-refractivity contribution in [2.45, 2.75) is 26.5 Å². The van der Waals surface area contributed by atoms with Gasteiger partial charge in [0.1, 0.15) is 12.4 Å². The second-order valence-corrected chi connectivity index (χ2v) is 5.10. The van der Waals surface area contributed by atoms with Crippen molar-refractivity contribution in [3.05, 3.63) is 64.2 Å². The third-order valence-electron chi connectivity index (χ3n) is 3.07. The zero-order valence-corrected chi connectivity index (χ0v) is 11.9. The number of ether oxygens (including phenoxy) is 1. The van der Waals surface area contributed by atoms with Gasteiger partial charge in [0.15, 0.2) is 0 Å². The predicted octanol–water partition coefficient (Wildman–Crippen LogP) is 4.25. The number of benzene rings is 2. The van der Waals surface area contributed by atoms with Crippen LogP contribution < -0.4 is 10.5 Å². The van der Waals surface area contributed by atoms with E-state index in [9.17, 15) is 0 Å². The molecule has 0 spiro atoms. The highest BCUT2D eigenvalue weighted by atomic mass is 35.5. The Morgan fingerprint density at radius 2 is 1.95 bits per heavy atom. The Bertz CT molecular complexity index is 566. The molecule has 0 heterocycles. The van der Waals surface area contributed by atoms with Crippen molar-refractivity contribution in [2.24, 2.45) is 5.73 Å². The molecule has 2 aromatic carbocycles. The number of hydrogen-bond donors (Lipinski definition) is 1. The number of halogens is 1. The van der Waals surface area contributed by atoms with Crippen LogP contribution in [0.4, 0.5) is 0 Å². The first-order valence-electron chi connectivity index (χ1n) is 6.30. The maximum Gasteiger partial charge on any atom is 0.122 e. The van der Waals surface area contributed by atoms with Crippen LogP contribution in [-0.2, 0) is 6.61 Å². The minimum Gasteiger partial charge on any atom is -0.489 e. The van der Waals surface area contributed by atoms with Crippen molar-refractivity contribution >= 4 is 11.6 Å². The first kappa shape index (κ1) is 13.9. The topological polar surface area (TPSA) is 35.2 Å². The van der Waals surface area contributed by atoms with Crippen LogP contribution in [-0.4, -0.2) is 0 Å². The van der Waals surface area contributed by atoms with Gasteiger partial charge in [-0.05, 0) is 37.1 Å². The van der Waals surface area contributed by atoms with E-state index in [1.54, 1.807) is 0 Å². The van der Waals surface area contributed by atoms with Crippen LogP contribution >= 0.6 is 11.6 Å². The van der Waals surface area contributed by atoms with Crippen molar-refractivity contribution < 1.29 is 4.74 Å². The molecule has 0 amide bonds. The third kappa shape index (κ3) is 3.49. The van der Waals surface area contributed by atoms with E-state index in [0.717, 1.165) is 27.5 Å². The molecule has 100 valence electrons. The fraction of sp³-hybridized carbons (Fsp3) is 0.250. The maximum atomic E-state index is 6.10. The number of hydrogen-bond acceptors (Lipinski definition) is 2. The first-order valence-corrected chi connectivity index (χ1v) is 6.68. The lowest BCUT2D eigenvalue weighted by Gasteiger charge is -2.13. The van der Waals surface area contributed by atoms with Gasteiger partial charge in [-0.3, -0.25) is 0 Å². The van der Waals surface area contributed by atoms with Crippen molar-refractivity contribution in [1.82, 2.24) is 0 Å². The molecular formula is C16H18ClNO. The molecule has 1 atom stereocenters. The molecule has 0 saturated carbocycles. The average molecular weight is 276 g/mol. The summed E-state index contributed by atoms with van der Waals surface area (Å²) in [5.74, 6) is 0.865. The van der Waals surface area contributed by atoms with Crippen LogP contribution in [0.2, 0.25) is 5.02 Å². The molecule has 0 aliphatic carbocycles. The molecule has 0 aromatic heterocycles. The second kappa shape index (κ2) is 6.09. The highest BCUT2D eigenvalue weighted by Gasteiger charge is 2.05. The number of nitrogens with two attached hydrogens (primary N) is 1. The van der Waals surface area contributed by atoms with Gasteiger partial charge in [0.2, 0.25) is 0 Å². The second-order valence-electron chi connectivity index (χ2n) is 4.69. The van der Waals surface area contributed by atoms with Gasteiger partial charge in [0, 0.05) is 16.6 Å². The van der Waals surface area contributed by atoms with Crippen LogP contribution in [0.25, 0.3) is 0 Å². The summed E-state index contributed by atoms with van der Waals surface area (Å²) in [6.45, 7) is 4.46. The van der Waals surface area contributed by atoms with Gasteiger partial charge in [-0.25, -0.2) is 0 Å². The summed E-state index contributed by atoms with van der Waals surface area (Å²) < 4.78 is 5.81. The fourth-order valence-electron chi connectivity index (χ4n) is 1.89. The SMILES string of the molecule is Cc1cc(C(C)N)ccc1OCc1ccccc1Cl. The zero-order chi connectivity index (χ0) is 13.8. The minimum atomic E-state index is 0.0383. The van der Waals surface area contributed by atoms with E-state index < -0.39 is 0 Å². The van der Waals surface area contributed by atoms with Gasteiger partial charge in [-0.1, -0.05) is 41.9 Å². The Morgan fingerprint density at radius 3 is 2.58 bits per heavy atom. The van der Waals surface area contributed by atoms with Crippen molar-refractivity contribution in [2.75, 3.05) is 0 Å². The zero-order valence-electron chi connectivity index (χ0n) is 11.2. The molecule has 0 aliphatic heterocycles. The molecule has 0 saturated heterocycles. The van der Waals surface area contributed by atoms with Gasteiger partial charge in [-0.2, -0.15) is 0 Å². The molecule has 2 rings (SSSR count). The van der Waals surface area contributed by atoms with Gasteiger partial charge in [0.05, 0.1) is 0 Å². The summed E-state index contributed by atoms with van der Waals surface area (Å²) in [5.41, 5.74) is 9.04. The van der Waals surface area contributed by atoms with Crippen LogP contribution in [0.15, 0.2) is 42.5 Å². The Kier molecular flexibility index (Phi) is 4.46. The monoisotopic (exact) mass is 275 g/mol. The van der Waals surface area contributed by atoms with Crippen molar-refractivity contribution in [3.8, 4) is 5.75 Å². The first-order chi connectivity index (χ1) is 9.08. The Morgan fingerprint density at radius 1 is 1.21 bits per heavy atom. The van der Waals surface area contributed by atoms with Crippen molar-refractivity contribution in [1.29, 1.82) is 0 Å². The van der Waals surface area contributed by atoms with E-state index in [-0.39, 0.29) is 6.04 Å². The van der Waals surface area contributed by atoms with E-state index in [4.69, 9.17) is 22.1 Å². The normalized spacial score (nSPS) is 12.2. The molecule has 0 radical (unpaired) electrons. The molecule has 0 fully saturated rings. The molecule has 19 heavy (non-hydrogen) atoms. The Labute approximate surface area is 119 Å². The Hall–Kier alpha value is -1.51. The highest BCUT2D eigenvalue weighted by molar-refractivity contribution is 6.31. The molecule has 0 aliphatic rings. The standard InChI is InChI=1S/C16H18ClNO/c1-11-9-13(12(2)18)7-8-16(11)19-10-14-5-3-4-6-15(14)17/h3-9,12H,10,18H2,1-2H3. The van der Waals surface area contributed by atoms with Crippen LogP contribution in [0, 0.1) is 6.92 Å². The minimum absolute atomic E-state index is 0.0383. The van der Waals surface area contributed by atoms with E-state index in [2.05, 4.69) is 6.07 Å². The van der Waals surface area contributed by atoms with E-state index >= 15 is 0 Å². The highest BCUT2D eigenvalue weighted by Crippen LogP contribution is 2.24. The lowest BCUT2D eigenvalue weighted by molar-refractivity contribution is 0.304. The maximum absolute atomic E-state index is 6.10. The van der Waals surface area contributed by atoms with E-state index in [1.807, 2.05) is 50.2 Å². The van der Waals surface area contributed by atoms with E-state index in [1.165, 1.54) is 0 Å². The average Bonchev–Trinajstić information content (AvgIpc) is 2.39. The van der Waals surface area contributed by atoms with Gasteiger partial charge >= 0.3 is 0 Å². The van der Waals surface area contributed by atoms with Crippen molar-refractivity contribution in [3.63, 3.8) is 0 Å². The number of aryl methyl sites for hydroxylation is 1. The van der Waals surface area contributed by atoms with Crippen LogP contribution in [0.3, 0.4) is 0 Å².